The van der Waals surface area contributed by atoms with Gasteiger partial charge < -0.3 is 9.52 Å². The van der Waals surface area contributed by atoms with Crippen molar-refractivity contribution >= 4 is 26.0 Å². The third-order valence-corrected chi connectivity index (χ3v) is 4.95. The van der Waals surface area contributed by atoms with Crippen LogP contribution < -0.4 is 4.72 Å². The lowest BCUT2D eigenvalue weighted by atomic mass is 10.2. The standard InChI is InChI=1S/C11H18BrNO4S/c1-3-4-5-8(2)13-18(15,16)10-6-9(7-14)17-11(10)12/h6,8,13-14H,3-5,7H2,1-2H3. The Morgan fingerprint density at radius 2 is 2.22 bits per heavy atom. The molecule has 5 nitrogen and oxygen atoms in total. The zero-order valence-corrected chi connectivity index (χ0v) is 12.8. The largest absolute Gasteiger partial charge is 0.450 e. The number of rotatable bonds is 7. The quantitative estimate of drug-likeness (QED) is 0.799. The fraction of sp³-hybridized carbons (Fsp3) is 0.636. The van der Waals surface area contributed by atoms with Crippen LogP contribution in [0.5, 0.6) is 0 Å². The monoisotopic (exact) mass is 339 g/mol. The first-order valence-corrected chi connectivity index (χ1v) is 8.09. The second-order valence-electron chi connectivity index (χ2n) is 4.17. The Bertz CT molecular complexity index is 483. The van der Waals surface area contributed by atoms with Gasteiger partial charge >= 0.3 is 0 Å². The van der Waals surface area contributed by atoms with Crippen LogP contribution in [0.2, 0.25) is 0 Å². The van der Waals surface area contributed by atoms with Gasteiger partial charge in [0.05, 0.1) is 0 Å². The van der Waals surface area contributed by atoms with E-state index in [1.807, 2.05) is 6.92 Å². The molecule has 1 aromatic rings. The molecule has 0 bridgehead atoms. The molecule has 0 fully saturated rings. The Morgan fingerprint density at radius 1 is 1.56 bits per heavy atom. The van der Waals surface area contributed by atoms with E-state index < -0.39 is 10.0 Å². The van der Waals surface area contributed by atoms with Crippen LogP contribution in [-0.4, -0.2) is 19.6 Å². The van der Waals surface area contributed by atoms with Crippen LogP contribution in [0.3, 0.4) is 0 Å². The molecule has 18 heavy (non-hydrogen) atoms. The molecule has 0 spiro atoms. The van der Waals surface area contributed by atoms with Crippen LogP contribution in [0.4, 0.5) is 0 Å². The summed E-state index contributed by atoms with van der Waals surface area (Å²) < 4.78 is 31.9. The van der Waals surface area contributed by atoms with Gasteiger partial charge in [0, 0.05) is 12.1 Å². The second kappa shape index (κ2) is 6.70. The summed E-state index contributed by atoms with van der Waals surface area (Å²) in [5.74, 6) is 0.212. The lowest BCUT2D eigenvalue weighted by molar-refractivity contribution is 0.245. The molecule has 1 rings (SSSR count). The van der Waals surface area contributed by atoms with E-state index in [-0.39, 0.29) is 28.0 Å². The van der Waals surface area contributed by atoms with Crippen LogP contribution in [-0.2, 0) is 16.6 Å². The topological polar surface area (TPSA) is 79.5 Å². The van der Waals surface area contributed by atoms with E-state index in [1.165, 1.54) is 6.07 Å². The van der Waals surface area contributed by atoms with Crippen LogP contribution in [0.15, 0.2) is 20.0 Å². The first kappa shape index (κ1) is 15.7. The first-order valence-electron chi connectivity index (χ1n) is 5.82. The Balaban J connectivity index is 2.82. The van der Waals surface area contributed by atoms with Gasteiger partial charge in [0.25, 0.3) is 0 Å². The lowest BCUT2D eigenvalue weighted by Crippen LogP contribution is -2.32. The van der Waals surface area contributed by atoms with Crippen LogP contribution in [0.1, 0.15) is 38.9 Å². The fourth-order valence-electron chi connectivity index (χ4n) is 1.56. The fourth-order valence-corrected chi connectivity index (χ4v) is 3.83. The molecular weight excluding hydrogens is 322 g/mol. The van der Waals surface area contributed by atoms with Crippen LogP contribution in [0.25, 0.3) is 0 Å². The normalized spacial score (nSPS) is 13.8. The van der Waals surface area contributed by atoms with Crippen molar-refractivity contribution in [3.8, 4) is 0 Å². The van der Waals surface area contributed by atoms with Gasteiger partial charge in [-0.2, -0.15) is 0 Å². The van der Waals surface area contributed by atoms with Crippen molar-refractivity contribution in [2.75, 3.05) is 0 Å². The highest BCUT2D eigenvalue weighted by molar-refractivity contribution is 9.10. The number of hydrogen-bond donors (Lipinski definition) is 2. The number of nitrogens with one attached hydrogen (secondary N) is 1. The molecule has 1 heterocycles. The highest BCUT2D eigenvalue weighted by Crippen LogP contribution is 2.26. The summed E-state index contributed by atoms with van der Waals surface area (Å²) >= 11 is 3.04. The van der Waals surface area contributed by atoms with Crippen molar-refractivity contribution < 1.29 is 17.9 Å². The summed E-state index contributed by atoms with van der Waals surface area (Å²) in [6.45, 7) is 3.55. The minimum Gasteiger partial charge on any atom is -0.450 e. The maximum Gasteiger partial charge on any atom is 0.245 e. The van der Waals surface area contributed by atoms with Crippen molar-refractivity contribution in [3.63, 3.8) is 0 Å². The predicted octanol–water partition coefficient (Wildman–Crippen LogP) is 2.39. The number of aliphatic hydroxyl groups excluding tert-OH is 1. The van der Waals surface area contributed by atoms with Crippen molar-refractivity contribution in [1.82, 2.24) is 4.72 Å². The summed E-state index contributed by atoms with van der Waals surface area (Å²) in [6.07, 6.45) is 2.78. The molecule has 0 aliphatic rings. The predicted molar refractivity (Wildman–Crippen MR) is 71.6 cm³/mol. The van der Waals surface area contributed by atoms with E-state index >= 15 is 0 Å². The molecule has 0 saturated heterocycles. The number of aliphatic hydroxyl groups is 1. The van der Waals surface area contributed by atoms with Gasteiger partial charge in [-0.05, 0) is 29.3 Å². The zero-order valence-electron chi connectivity index (χ0n) is 10.4. The zero-order chi connectivity index (χ0) is 13.8. The third kappa shape index (κ3) is 4.08. The molecule has 104 valence electrons. The molecule has 1 unspecified atom stereocenters. The molecule has 0 radical (unpaired) electrons. The Kier molecular flexibility index (Phi) is 5.84. The van der Waals surface area contributed by atoms with Gasteiger partial charge in [0.15, 0.2) is 4.67 Å². The highest BCUT2D eigenvalue weighted by Gasteiger charge is 2.23. The number of sulfonamides is 1. The molecule has 0 saturated carbocycles. The number of hydrogen-bond acceptors (Lipinski definition) is 4. The van der Waals surface area contributed by atoms with Crippen LogP contribution >= 0.6 is 15.9 Å². The minimum atomic E-state index is -3.61. The molecule has 1 aromatic heterocycles. The molecule has 0 aliphatic heterocycles. The van der Waals surface area contributed by atoms with Crippen molar-refractivity contribution in [2.24, 2.45) is 0 Å². The van der Waals surface area contributed by atoms with Crippen LogP contribution in [0, 0.1) is 0 Å². The van der Waals surface area contributed by atoms with E-state index in [4.69, 9.17) is 9.52 Å². The van der Waals surface area contributed by atoms with E-state index in [9.17, 15) is 8.42 Å². The maximum atomic E-state index is 12.1. The van der Waals surface area contributed by atoms with Gasteiger partial charge in [-0.25, -0.2) is 13.1 Å². The molecule has 2 N–H and O–H groups in total. The lowest BCUT2D eigenvalue weighted by Gasteiger charge is -2.12. The molecule has 7 heteroatoms. The minimum absolute atomic E-state index is 0.0231. The molecular formula is C11H18BrNO4S. The molecule has 0 aliphatic carbocycles. The highest BCUT2D eigenvalue weighted by atomic mass is 79.9. The van der Waals surface area contributed by atoms with E-state index in [0.717, 1.165) is 19.3 Å². The number of furan rings is 1. The number of unbranched alkanes of at least 4 members (excludes halogenated alkanes) is 1. The summed E-state index contributed by atoms with van der Waals surface area (Å²) in [5, 5.41) is 8.91. The smallest absolute Gasteiger partial charge is 0.245 e. The average molecular weight is 340 g/mol. The second-order valence-corrected chi connectivity index (χ2v) is 6.58. The van der Waals surface area contributed by atoms with Gasteiger partial charge in [-0.3, -0.25) is 0 Å². The Hall–Kier alpha value is -0.370. The van der Waals surface area contributed by atoms with E-state index in [0.29, 0.717) is 0 Å². The molecule has 0 amide bonds. The summed E-state index contributed by atoms with van der Waals surface area (Å²) in [7, 11) is -3.61. The van der Waals surface area contributed by atoms with Gasteiger partial charge in [0.1, 0.15) is 17.3 Å². The van der Waals surface area contributed by atoms with Crippen molar-refractivity contribution in [2.45, 2.75) is 50.7 Å². The summed E-state index contributed by atoms with van der Waals surface area (Å²) in [4.78, 5) is 0.0231. The Morgan fingerprint density at radius 3 is 2.72 bits per heavy atom. The van der Waals surface area contributed by atoms with Crippen molar-refractivity contribution in [1.29, 1.82) is 0 Å². The Labute approximate surface area is 116 Å². The first-order chi connectivity index (χ1) is 8.40. The van der Waals surface area contributed by atoms with E-state index in [1.54, 1.807) is 0 Å². The third-order valence-electron chi connectivity index (χ3n) is 2.50. The van der Waals surface area contributed by atoms with Gasteiger partial charge in [-0.15, -0.1) is 0 Å². The summed E-state index contributed by atoms with van der Waals surface area (Å²) in [5.41, 5.74) is 0. The van der Waals surface area contributed by atoms with Gasteiger partial charge in [-0.1, -0.05) is 19.8 Å². The number of halogens is 1. The summed E-state index contributed by atoms with van der Waals surface area (Å²) in [6, 6.07) is 1.19. The van der Waals surface area contributed by atoms with E-state index in [2.05, 4.69) is 27.6 Å². The van der Waals surface area contributed by atoms with Crippen molar-refractivity contribution in [3.05, 3.63) is 16.5 Å². The maximum absolute atomic E-state index is 12.1. The molecule has 0 aromatic carbocycles. The van der Waals surface area contributed by atoms with Gasteiger partial charge in [0.2, 0.25) is 10.0 Å². The SMILES string of the molecule is CCCCC(C)NS(=O)(=O)c1cc(CO)oc1Br. The average Bonchev–Trinajstić information content (AvgIpc) is 2.68. The molecule has 1 atom stereocenters.